The topological polar surface area (TPSA) is 32.3 Å². The second-order valence-corrected chi connectivity index (χ2v) is 6.16. The summed E-state index contributed by atoms with van der Waals surface area (Å²) in [6.07, 6.45) is 5.06. The van der Waals surface area contributed by atoms with Crippen LogP contribution in [0, 0.1) is 11.8 Å². The molecule has 2 atom stereocenters. The maximum atomic E-state index is 9.38. The second-order valence-electron chi connectivity index (χ2n) is 5.25. The average molecular weight is 312 g/mol. The molecule has 2 N–H and O–H groups in total. The quantitative estimate of drug-likeness (QED) is 0.874. The summed E-state index contributed by atoms with van der Waals surface area (Å²) in [4.78, 5) is 0. The van der Waals surface area contributed by atoms with E-state index in [0.717, 1.165) is 17.6 Å². The van der Waals surface area contributed by atoms with Gasteiger partial charge >= 0.3 is 0 Å². The van der Waals surface area contributed by atoms with Gasteiger partial charge in [0.25, 0.3) is 0 Å². The Hall–Kier alpha value is -0.380. The van der Waals surface area contributed by atoms with Crippen LogP contribution < -0.4 is 5.32 Å². The number of aliphatic hydroxyl groups is 1. The van der Waals surface area contributed by atoms with Gasteiger partial charge in [0.15, 0.2) is 0 Å². The molecule has 0 amide bonds. The Labute approximate surface area is 118 Å². The molecule has 1 aromatic rings. The SMILES string of the molecule is OCC1CCCCC1CNCc1cccc(Br)c1. The molecule has 100 valence electrons. The smallest absolute Gasteiger partial charge is 0.0462 e. The Balaban J connectivity index is 1.77. The van der Waals surface area contributed by atoms with Gasteiger partial charge in [0.1, 0.15) is 0 Å². The van der Waals surface area contributed by atoms with E-state index in [2.05, 4.69) is 39.4 Å². The van der Waals surface area contributed by atoms with E-state index in [9.17, 15) is 5.11 Å². The molecule has 0 aliphatic heterocycles. The Morgan fingerprint density at radius 3 is 2.72 bits per heavy atom. The van der Waals surface area contributed by atoms with Crippen LogP contribution in [-0.2, 0) is 6.54 Å². The molecular formula is C15H22BrNO. The molecule has 3 heteroatoms. The van der Waals surface area contributed by atoms with Crippen LogP contribution >= 0.6 is 15.9 Å². The first kappa shape index (κ1) is 14.0. The number of aliphatic hydroxyl groups excluding tert-OH is 1. The standard InChI is InChI=1S/C15H22BrNO/c16-15-7-3-4-12(8-15)9-17-10-13-5-1-2-6-14(13)11-18/h3-4,7-8,13-14,17-18H,1-2,5-6,9-11H2. The molecular weight excluding hydrogens is 290 g/mol. The predicted octanol–water partition coefficient (Wildman–Crippen LogP) is 3.34. The molecule has 2 rings (SSSR count). The zero-order valence-electron chi connectivity index (χ0n) is 10.7. The number of hydrogen-bond acceptors (Lipinski definition) is 2. The van der Waals surface area contributed by atoms with Gasteiger partial charge in [0, 0.05) is 17.6 Å². The molecule has 1 aliphatic carbocycles. The van der Waals surface area contributed by atoms with Crippen molar-refractivity contribution in [1.82, 2.24) is 5.32 Å². The molecule has 0 aromatic heterocycles. The first-order valence-electron chi connectivity index (χ1n) is 6.85. The maximum absolute atomic E-state index is 9.38. The molecule has 1 aromatic carbocycles. The van der Waals surface area contributed by atoms with E-state index in [-0.39, 0.29) is 0 Å². The summed E-state index contributed by atoms with van der Waals surface area (Å²) in [5, 5.41) is 12.9. The fraction of sp³-hybridized carbons (Fsp3) is 0.600. The fourth-order valence-corrected chi connectivity index (χ4v) is 3.29. The Kier molecular flexibility index (Phi) is 5.67. The highest BCUT2D eigenvalue weighted by atomic mass is 79.9. The van der Waals surface area contributed by atoms with Gasteiger partial charge in [-0.2, -0.15) is 0 Å². The third kappa shape index (κ3) is 4.08. The highest BCUT2D eigenvalue weighted by Gasteiger charge is 2.23. The molecule has 0 spiro atoms. The molecule has 0 bridgehead atoms. The molecule has 0 saturated heterocycles. The summed E-state index contributed by atoms with van der Waals surface area (Å²) < 4.78 is 1.13. The summed E-state index contributed by atoms with van der Waals surface area (Å²) in [6.45, 7) is 2.29. The van der Waals surface area contributed by atoms with E-state index in [1.807, 2.05) is 6.07 Å². The third-order valence-corrected chi connectivity index (χ3v) is 4.42. The Morgan fingerprint density at radius 1 is 1.22 bits per heavy atom. The van der Waals surface area contributed by atoms with Crippen LogP contribution in [0.4, 0.5) is 0 Å². The van der Waals surface area contributed by atoms with E-state index in [0.29, 0.717) is 18.4 Å². The van der Waals surface area contributed by atoms with Crippen molar-refractivity contribution in [2.45, 2.75) is 32.2 Å². The lowest BCUT2D eigenvalue weighted by Crippen LogP contribution is -2.32. The molecule has 18 heavy (non-hydrogen) atoms. The van der Waals surface area contributed by atoms with Crippen molar-refractivity contribution < 1.29 is 5.11 Å². The lowest BCUT2D eigenvalue weighted by molar-refractivity contribution is 0.133. The minimum Gasteiger partial charge on any atom is -0.396 e. The Morgan fingerprint density at radius 2 is 2.00 bits per heavy atom. The number of hydrogen-bond donors (Lipinski definition) is 2. The van der Waals surface area contributed by atoms with Crippen LogP contribution in [-0.4, -0.2) is 18.3 Å². The van der Waals surface area contributed by atoms with Gasteiger partial charge in [0.05, 0.1) is 0 Å². The van der Waals surface area contributed by atoms with Crippen LogP contribution in [0.3, 0.4) is 0 Å². The first-order chi connectivity index (χ1) is 8.79. The van der Waals surface area contributed by atoms with E-state index in [1.165, 1.54) is 31.2 Å². The van der Waals surface area contributed by atoms with Crippen molar-refractivity contribution in [3.05, 3.63) is 34.3 Å². The van der Waals surface area contributed by atoms with Crippen molar-refractivity contribution in [2.75, 3.05) is 13.2 Å². The van der Waals surface area contributed by atoms with Crippen LogP contribution in [0.25, 0.3) is 0 Å². The van der Waals surface area contributed by atoms with Crippen molar-refractivity contribution in [1.29, 1.82) is 0 Å². The maximum Gasteiger partial charge on any atom is 0.0462 e. The van der Waals surface area contributed by atoms with Crippen molar-refractivity contribution >= 4 is 15.9 Å². The van der Waals surface area contributed by atoms with Crippen LogP contribution in [0.1, 0.15) is 31.2 Å². The molecule has 2 unspecified atom stereocenters. The summed E-state index contributed by atoms with van der Waals surface area (Å²) in [7, 11) is 0. The normalized spacial score (nSPS) is 24.1. The molecule has 2 nitrogen and oxygen atoms in total. The van der Waals surface area contributed by atoms with Crippen molar-refractivity contribution in [3.8, 4) is 0 Å². The summed E-state index contributed by atoms with van der Waals surface area (Å²) in [5.41, 5.74) is 1.31. The van der Waals surface area contributed by atoms with E-state index < -0.39 is 0 Å². The molecule has 0 radical (unpaired) electrons. The van der Waals surface area contributed by atoms with Crippen LogP contribution in [0.5, 0.6) is 0 Å². The lowest BCUT2D eigenvalue weighted by Gasteiger charge is -2.30. The first-order valence-corrected chi connectivity index (χ1v) is 7.65. The third-order valence-electron chi connectivity index (χ3n) is 3.93. The van der Waals surface area contributed by atoms with Crippen molar-refractivity contribution in [2.24, 2.45) is 11.8 Å². The minimum absolute atomic E-state index is 0.350. The number of nitrogens with one attached hydrogen (secondary N) is 1. The molecule has 1 aliphatic rings. The van der Waals surface area contributed by atoms with Crippen molar-refractivity contribution in [3.63, 3.8) is 0 Å². The van der Waals surface area contributed by atoms with Crippen LogP contribution in [0.2, 0.25) is 0 Å². The van der Waals surface area contributed by atoms with E-state index in [1.54, 1.807) is 0 Å². The zero-order chi connectivity index (χ0) is 12.8. The molecule has 1 fully saturated rings. The fourth-order valence-electron chi connectivity index (χ4n) is 2.84. The highest BCUT2D eigenvalue weighted by Crippen LogP contribution is 2.29. The predicted molar refractivity (Wildman–Crippen MR) is 78.4 cm³/mol. The number of benzene rings is 1. The summed E-state index contributed by atoms with van der Waals surface area (Å²) in [5.74, 6) is 1.16. The molecule has 0 heterocycles. The highest BCUT2D eigenvalue weighted by molar-refractivity contribution is 9.10. The minimum atomic E-state index is 0.350. The van der Waals surface area contributed by atoms with Gasteiger partial charge in [-0.3, -0.25) is 0 Å². The van der Waals surface area contributed by atoms with Gasteiger partial charge in [-0.1, -0.05) is 40.9 Å². The number of halogens is 1. The largest absolute Gasteiger partial charge is 0.396 e. The molecule has 1 saturated carbocycles. The van der Waals surface area contributed by atoms with Gasteiger partial charge < -0.3 is 10.4 Å². The van der Waals surface area contributed by atoms with E-state index >= 15 is 0 Å². The number of rotatable bonds is 5. The Bertz CT molecular complexity index is 369. The van der Waals surface area contributed by atoms with Gasteiger partial charge in [-0.05, 0) is 48.9 Å². The van der Waals surface area contributed by atoms with Crippen LogP contribution in [0.15, 0.2) is 28.7 Å². The monoisotopic (exact) mass is 311 g/mol. The van der Waals surface area contributed by atoms with E-state index in [4.69, 9.17) is 0 Å². The zero-order valence-corrected chi connectivity index (χ0v) is 12.3. The lowest BCUT2D eigenvalue weighted by atomic mass is 9.79. The van der Waals surface area contributed by atoms with Gasteiger partial charge in [0.2, 0.25) is 0 Å². The van der Waals surface area contributed by atoms with Gasteiger partial charge in [-0.15, -0.1) is 0 Å². The summed E-state index contributed by atoms with van der Waals surface area (Å²) >= 11 is 3.49. The second kappa shape index (κ2) is 7.27. The summed E-state index contributed by atoms with van der Waals surface area (Å²) in [6, 6.07) is 8.41. The average Bonchev–Trinajstić information content (AvgIpc) is 2.39. The van der Waals surface area contributed by atoms with Gasteiger partial charge in [-0.25, -0.2) is 0 Å².